The van der Waals surface area contributed by atoms with Crippen molar-refractivity contribution >= 4 is 23.2 Å². The third-order valence-electron chi connectivity index (χ3n) is 2.15. The number of aromatic nitrogens is 1. The fourth-order valence-corrected chi connectivity index (χ4v) is 1.90. The minimum absolute atomic E-state index is 0.0612. The van der Waals surface area contributed by atoms with Gasteiger partial charge in [-0.05, 0) is 20.8 Å². The molecule has 18 heavy (non-hydrogen) atoms. The fourth-order valence-electron chi connectivity index (χ4n) is 1.25. The highest BCUT2D eigenvalue weighted by atomic mass is 32.1. The Labute approximate surface area is 109 Å². The van der Waals surface area contributed by atoms with Crippen LogP contribution in [0.1, 0.15) is 36.3 Å². The van der Waals surface area contributed by atoms with E-state index in [0.717, 1.165) is 11.3 Å². The van der Waals surface area contributed by atoms with Gasteiger partial charge in [-0.25, -0.2) is 9.78 Å². The maximum atomic E-state index is 11.6. The zero-order chi connectivity index (χ0) is 13.7. The van der Waals surface area contributed by atoms with E-state index in [1.54, 1.807) is 12.3 Å². The average Bonchev–Trinajstić information content (AvgIpc) is 2.73. The van der Waals surface area contributed by atoms with E-state index in [-0.39, 0.29) is 23.0 Å². The molecule has 1 aromatic heterocycles. The first kappa shape index (κ1) is 14.6. The van der Waals surface area contributed by atoms with Gasteiger partial charge in [-0.15, -0.1) is 11.3 Å². The van der Waals surface area contributed by atoms with Gasteiger partial charge in [0.25, 0.3) is 0 Å². The van der Waals surface area contributed by atoms with Crippen molar-refractivity contribution in [1.82, 2.24) is 15.6 Å². The number of carbonyl (C=O) groups excluding carboxylic acids is 1. The SMILES string of the molecule is CC(C)NC(=O)C(C)NCc1csc(C(=O)O)n1. The second kappa shape index (κ2) is 6.46. The van der Waals surface area contributed by atoms with Gasteiger partial charge >= 0.3 is 5.97 Å². The molecule has 3 N–H and O–H groups in total. The number of rotatable bonds is 6. The van der Waals surface area contributed by atoms with Crippen molar-refractivity contribution in [2.24, 2.45) is 0 Å². The Kier molecular flexibility index (Phi) is 5.24. The fraction of sp³-hybridized carbons (Fsp3) is 0.545. The molecule has 6 nitrogen and oxygen atoms in total. The highest BCUT2D eigenvalue weighted by Gasteiger charge is 2.14. The van der Waals surface area contributed by atoms with Crippen LogP contribution in [0, 0.1) is 0 Å². The van der Waals surface area contributed by atoms with E-state index in [0.29, 0.717) is 12.2 Å². The van der Waals surface area contributed by atoms with Crippen LogP contribution < -0.4 is 10.6 Å². The lowest BCUT2D eigenvalue weighted by Gasteiger charge is -2.15. The van der Waals surface area contributed by atoms with Crippen LogP contribution in [0.4, 0.5) is 0 Å². The molecule has 1 rings (SSSR count). The van der Waals surface area contributed by atoms with Gasteiger partial charge in [-0.1, -0.05) is 0 Å². The van der Waals surface area contributed by atoms with Gasteiger partial charge in [-0.2, -0.15) is 0 Å². The largest absolute Gasteiger partial charge is 0.476 e. The zero-order valence-corrected chi connectivity index (χ0v) is 11.4. The first-order valence-electron chi connectivity index (χ1n) is 5.61. The summed E-state index contributed by atoms with van der Waals surface area (Å²) in [6.45, 7) is 5.91. The molecule has 0 saturated heterocycles. The van der Waals surface area contributed by atoms with Gasteiger partial charge in [-0.3, -0.25) is 4.79 Å². The summed E-state index contributed by atoms with van der Waals surface area (Å²) in [6, 6.07) is -0.248. The third-order valence-corrected chi connectivity index (χ3v) is 3.03. The average molecular weight is 271 g/mol. The highest BCUT2D eigenvalue weighted by molar-refractivity contribution is 7.11. The number of hydrogen-bond donors (Lipinski definition) is 3. The Bertz CT molecular complexity index is 431. The van der Waals surface area contributed by atoms with Crippen molar-refractivity contribution < 1.29 is 14.7 Å². The molecule has 0 aliphatic rings. The van der Waals surface area contributed by atoms with Gasteiger partial charge in [0, 0.05) is 18.0 Å². The summed E-state index contributed by atoms with van der Waals surface area (Å²) in [6.07, 6.45) is 0. The number of aromatic carboxylic acids is 1. The van der Waals surface area contributed by atoms with E-state index in [9.17, 15) is 9.59 Å². The maximum absolute atomic E-state index is 11.6. The highest BCUT2D eigenvalue weighted by Crippen LogP contribution is 2.09. The number of amides is 1. The van der Waals surface area contributed by atoms with E-state index in [1.165, 1.54) is 0 Å². The molecule has 0 spiro atoms. The van der Waals surface area contributed by atoms with Crippen LogP contribution in [0.3, 0.4) is 0 Å². The number of carboxylic acids is 1. The molecule has 1 aromatic rings. The lowest BCUT2D eigenvalue weighted by atomic mass is 10.2. The molecular weight excluding hydrogens is 254 g/mol. The Morgan fingerprint density at radius 1 is 1.44 bits per heavy atom. The maximum Gasteiger partial charge on any atom is 0.365 e. The molecular formula is C11H17N3O3S. The molecule has 7 heteroatoms. The molecule has 1 unspecified atom stereocenters. The molecule has 0 aromatic carbocycles. The van der Waals surface area contributed by atoms with Crippen LogP contribution in [-0.4, -0.2) is 34.1 Å². The van der Waals surface area contributed by atoms with Gasteiger partial charge in [0.05, 0.1) is 11.7 Å². The molecule has 0 aliphatic heterocycles. The summed E-state index contributed by atoms with van der Waals surface area (Å²) in [5, 5.41) is 16.2. The standard InChI is InChI=1S/C11H17N3O3S/c1-6(2)13-9(15)7(3)12-4-8-5-18-10(14-8)11(16)17/h5-7,12H,4H2,1-3H3,(H,13,15)(H,16,17). The van der Waals surface area contributed by atoms with Crippen molar-refractivity contribution in [3.8, 4) is 0 Å². The van der Waals surface area contributed by atoms with Crippen LogP contribution in [0.2, 0.25) is 0 Å². The molecule has 0 radical (unpaired) electrons. The van der Waals surface area contributed by atoms with E-state index < -0.39 is 5.97 Å². The van der Waals surface area contributed by atoms with Crippen LogP contribution in [-0.2, 0) is 11.3 Å². The third kappa shape index (κ3) is 4.42. The van der Waals surface area contributed by atoms with Crippen molar-refractivity contribution in [1.29, 1.82) is 0 Å². The normalized spacial score (nSPS) is 12.4. The van der Waals surface area contributed by atoms with E-state index in [2.05, 4.69) is 15.6 Å². The summed E-state index contributed by atoms with van der Waals surface area (Å²) >= 11 is 1.08. The minimum atomic E-state index is -1.03. The van der Waals surface area contributed by atoms with Gasteiger partial charge in [0.1, 0.15) is 0 Å². The summed E-state index contributed by atoms with van der Waals surface area (Å²) in [5.74, 6) is -1.12. The van der Waals surface area contributed by atoms with Crippen LogP contribution in [0.25, 0.3) is 0 Å². The molecule has 1 amide bonds. The minimum Gasteiger partial charge on any atom is -0.476 e. The lowest BCUT2D eigenvalue weighted by Crippen LogP contribution is -2.44. The molecule has 0 aliphatic carbocycles. The van der Waals surface area contributed by atoms with Crippen molar-refractivity contribution in [3.05, 3.63) is 16.1 Å². The first-order valence-corrected chi connectivity index (χ1v) is 6.49. The van der Waals surface area contributed by atoms with Gasteiger partial charge < -0.3 is 15.7 Å². The van der Waals surface area contributed by atoms with E-state index in [4.69, 9.17) is 5.11 Å². The number of hydrogen-bond acceptors (Lipinski definition) is 5. The smallest absolute Gasteiger partial charge is 0.365 e. The second-order valence-corrected chi connectivity index (χ2v) is 5.07. The monoisotopic (exact) mass is 271 g/mol. The molecule has 1 heterocycles. The topological polar surface area (TPSA) is 91.3 Å². The summed E-state index contributed by atoms with van der Waals surface area (Å²) < 4.78 is 0. The molecule has 0 saturated carbocycles. The van der Waals surface area contributed by atoms with Crippen LogP contribution >= 0.6 is 11.3 Å². The number of carbonyl (C=O) groups is 2. The predicted molar refractivity (Wildman–Crippen MR) is 68.7 cm³/mol. The number of carboxylic acid groups (broad SMARTS) is 1. The molecule has 0 bridgehead atoms. The van der Waals surface area contributed by atoms with Gasteiger partial charge in [0.2, 0.25) is 10.9 Å². The zero-order valence-electron chi connectivity index (χ0n) is 10.6. The number of nitrogens with zero attached hydrogens (tertiary/aromatic N) is 1. The lowest BCUT2D eigenvalue weighted by molar-refractivity contribution is -0.123. The molecule has 1 atom stereocenters. The molecule has 0 fully saturated rings. The number of thiazole rings is 1. The van der Waals surface area contributed by atoms with Crippen molar-refractivity contribution in [2.75, 3.05) is 0 Å². The molecule has 100 valence electrons. The van der Waals surface area contributed by atoms with Crippen LogP contribution in [0.15, 0.2) is 5.38 Å². The van der Waals surface area contributed by atoms with Gasteiger partial charge in [0.15, 0.2) is 0 Å². The quantitative estimate of drug-likeness (QED) is 0.713. The van der Waals surface area contributed by atoms with Crippen molar-refractivity contribution in [2.45, 2.75) is 39.4 Å². The Morgan fingerprint density at radius 3 is 2.61 bits per heavy atom. The van der Waals surface area contributed by atoms with E-state index in [1.807, 2.05) is 13.8 Å². The second-order valence-electron chi connectivity index (χ2n) is 4.22. The van der Waals surface area contributed by atoms with Crippen LogP contribution in [0.5, 0.6) is 0 Å². The summed E-state index contributed by atoms with van der Waals surface area (Å²) in [4.78, 5) is 26.2. The Morgan fingerprint density at radius 2 is 2.11 bits per heavy atom. The summed E-state index contributed by atoms with van der Waals surface area (Å²) in [5.41, 5.74) is 0.626. The van der Waals surface area contributed by atoms with Crippen molar-refractivity contribution in [3.63, 3.8) is 0 Å². The number of nitrogens with one attached hydrogen (secondary N) is 2. The summed E-state index contributed by atoms with van der Waals surface area (Å²) in [7, 11) is 0. The Balaban J connectivity index is 2.44. The Hall–Kier alpha value is -1.47. The van der Waals surface area contributed by atoms with E-state index >= 15 is 0 Å². The predicted octanol–water partition coefficient (Wildman–Crippen LogP) is 0.844. The first-order chi connectivity index (χ1) is 8.40.